The number of rotatable bonds is 8. The van der Waals surface area contributed by atoms with E-state index in [1.165, 1.54) is 36.2 Å². The molecular formula is C19H22F2N2O4S. The summed E-state index contributed by atoms with van der Waals surface area (Å²) in [6, 6.07) is 8.12. The van der Waals surface area contributed by atoms with E-state index >= 15 is 0 Å². The molecule has 0 aliphatic rings. The zero-order chi connectivity index (χ0) is 20.9. The summed E-state index contributed by atoms with van der Waals surface area (Å²) >= 11 is 0. The number of nitrogens with one attached hydrogen (secondary N) is 1. The lowest BCUT2D eigenvalue weighted by atomic mass is 10.2. The predicted octanol–water partition coefficient (Wildman–Crippen LogP) is 2.80. The number of carbonyl (C=O) groups is 1. The van der Waals surface area contributed by atoms with Crippen LogP contribution < -0.4 is 9.46 Å². The summed E-state index contributed by atoms with van der Waals surface area (Å²) in [6.45, 7) is 3.53. The van der Waals surface area contributed by atoms with E-state index in [9.17, 15) is 22.0 Å². The number of amides is 1. The first kappa shape index (κ1) is 21.8. The van der Waals surface area contributed by atoms with Gasteiger partial charge in [-0.2, -0.15) is 0 Å². The second kappa shape index (κ2) is 9.11. The first-order chi connectivity index (χ1) is 13.1. The Morgan fingerprint density at radius 3 is 2.39 bits per heavy atom. The van der Waals surface area contributed by atoms with Crippen molar-refractivity contribution >= 4 is 15.9 Å². The van der Waals surface area contributed by atoms with Gasteiger partial charge in [0.1, 0.15) is 24.0 Å². The van der Waals surface area contributed by atoms with Gasteiger partial charge in [-0.3, -0.25) is 4.79 Å². The molecule has 1 N–H and O–H groups in total. The number of benzene rings is 2. The van der Waals surface area contributed by atoms with Crippen LogP contribution in [0.4, 0.5) is 8.78 Å². The zero-order valence-electron chi connectivity index (χ0n) is 15.8. The summed E-state index contributed by atoms with van der Waals surface area (Å²) in [5.74, 6) is -1.46. The molecule has 2 rings (SSSR count). The zero-order valence-corrected chi connectivity index (χ0v) is 16.6. The maximum absolute atomic E-state index is 14.1. The molecule has 2 aromatic rings. The van der Waals surface area contributed by atoms with Crippen LogP contribution in [0.2, 0.25) is 0 Å². The van der Waals surface area contributed by atoms with Crippen LogP contribution in [0.5, 0.6) is 5.75 Å². The predicted molar refractivity (Wildman–Crippen MR) is 101 cm³/mol. The van der Waals surface area contributed by atoms with E-state index in [-0.39, 0.29) is 29.7 Å². The lowest BCUT2D eigenvalue weighted by molar-refractivity contribution is 0.0769. The molecule has 0 aliphatic carbocycles. The van der Waals surface area contributed by atoms with E-state index < -0.39 is 27.6 Å². The quantitative estimate of drug-likeness (QED) is 0.724. The van der Waals surface area contributed by atoms with Crippen molar-refractivity contribution in [2.45, 2.75) is 24.8 Å². The second-order valence-electron chi connectivity index (χ2n) is 6.45. The molecule has 0 spiro atoms. The maximum Gasteiger partial charge on any atom is 0.256 e. The highest BCUT2D eigenvalue weighted by Gasteiger charge is 2.22. The number of nitrogens with zero attached hydrogens (tertiary/aromatic N) is 1. The molecular weight excluding hydrogens is 390 g/mol. The summed E-state index contributed by atoms with van der Waals surface area (Å²) < 4.78 is 59.3. The van der Waals surface area contributed by atoms with Crippen LogP contribution >= 0.6 is 0 Å². The summed E-state index contributed by atoms with van der Waals surface area (Å²) in [5, 5.41) is 0. The average molecular weight is 412 g/mol. The molecule has 0 heterocycles. The Kier molecular flexibility index (Phi) is 7.09. The lowest BCUT2D eigenvalue weighted by Crippen LogP contribution is -2.33. The van der Waals surface area contributed by atoms with Crippen molar-refractivity contribution < 1.29 is 26.7 Å². The van der Waals surface area contributed by atoms with E-state index in [1.54, 1.807) is 13.8 Å². The fourth-order valence-corrected chi connectivity index (χ4v) is 3.63. The molecule has 0 aliphatic heterocycles. The third-order valence-corrected chi connectivity index (χ3v) is 5.38. The Labute approximate surface area is 163 Å². The topological polar surface area (TPSA) is 75.7 Å². The van der Waals surface area contributed by atoms with Gasteiger partial charge >= 0.3 is 0 Å². The van der Waals surface area contributed by atoms with E-state index in [4.69, 9.17) is 4.74 Å². The molecule has 0 saturated carbocycles. The Morgan fingerprint density at radius 1 is 1.14 bits per heavy atom. The minimum atomic E-state index is -3.86. The van der Waals surface area contributed by atoms with E-state index in [2.05, 4.69) is 4.72 Å². The molecule has 0 saturated heterocycles. The third-order valence-electron chi connectivity index (χ3n) is 3.73. The van der Waals surface area contributed by atoms with Gasteiger partial charge in [-0.25, -0.2) is 21.9 Å². The first-order valence-corrected chi connectivity index (χ1v) is 10.0. The number of ether oxygens (including phenoxy) is 1. The van der Waals surface area contributed by atoms with Crippen molar-refractivity contribution in [1.82, 2.24) is 9.62 Å². The van der Waals surface area contributed by atoms with Crippen LogP contribution in [-0.4, -0.2) is 45.5 Å². The fourth-order valence-electron chi connectivity index (χ4n) is 2.35. The number of hydrogen-bond donors (Lipinski definition) is 1. The molecule has 1 amide bonds. The van der Waals surface area contributed by atoms with Crippen molar-refractivity contribution in [2.24, 2.45) is 0 Å². The molecule has 0 unspecified atom stereocenters. The molecule has 0 radical (unpaired) electrons. The molecule has 0 atom stereocenters. The molecule has 152 valence electrons. The van der Waals surface area contributed by atoms with Crippen LogP contribution in [0.25, 0.3) is 0 Å². The summed E-state index contributed by atoms with van der Waals surface area (Å²) in [6.07, 6.45) is 0. The van der Waals surface area contributed by atoms with E-state index in [1.807, 2.05) is 0 Å². The Bertz CT molecular complexity index is 931. The summed E-state index contributed by atoms with van der Waals surface area (Å²) in [5.41, 5.74) is -0.351. The SMILES string of the molecule is CC(C)NS(=O)(=O)c1ccc(F)c(C(=O)N(C)CCOc2ccc(F)cc2)c1. The fraction of sp³-hybridized carbons (Fsp3) is 0.316. The monoisotopic (exact) mass is 412 g/mol. The number of halogens is 2. The van der Waals surface area contributed by atoms with Gasteiger partial charge in [-0.15, -0.1) is 0 Å². The standard InChI is InChI=1S/C19H22F2N2O4S/c1-13(2)22-28(25,26)16-8-9-18(21)17(12-16)19(24)23(3)10-11-27-15-6-4-14(20)5-7-15/h4-9,12-13,22H,10-11H2,1-3H3. The molecule has 2 aromatic carbocycles. The molecule has 28 heavy (non-hydrogen) atoms. The highest BCUT2D eigenvalue weighted by molar-refractivity contribution is 7.89. The third kappa shape index (κ3) is 5.74. The van der Waals surface area contributed by atoms with Crippen molar-refractivity contribution in [3.63, 3.8) is 0 Å². The van der Waals surface area contributed by atoms with Crippen molar-refractivity contribution in [2.75, 3.05) is 20.2 Å². The number of likely N-dealkylation sites (N-methyl/N-ethyl adjacent to an activating group) is 1. The van der Waals surface area contributed by atoms with Gasteiger partial charge in [0.05, 0.1) is 17.0 Å². The van der Waals surface area contributed by atoms with Gasteiger partial charge in [-0.1, -0.05) is 0 Å². The molecule has 6 nitrogen and oxygen atoms in total. The number of sulfonamides is 1. The van der Waals surface area contributed by atoms with Crippen LogP contribution in [0, 0.1) is 11.6 Å². The second-order valence-corrected chi connectivity index (χ2v) is 8.16. The normalized spacial score (nSPS) is 11.5. The van der Waals surface area contributed by atoms with Crippen LogP contribution in [0.15, 0.2) is 47.4 Å². The average Bonchev–Trinajstić information content (AvgIpc) is 2.62. The largest absolute Gasteiger partial charge is 0.492 e. The van der Waals surface area contributed by atoms with Crippen LogP contribution in [0.1, 0.15) is 24.2 Å². The highest BCUT2D eigenvalue weighted by atomic mass is 32.2. The molecule has 0 fully saturated rings. The minimum absolute atomic E-state index is 0.0996. The first-order valence-electron chi connectivity index (χ1n) is 8.56. The minimum Gasteiger partial charge on any atom is -0.492 e. The van der Waals surface area contributed by atoms with E-state index in [0.29, 0.717) is 5.75 Å². The molecule has 9 heteroatoms. The van der Waals surface area contributed by atoms with Gasteiger partial charge in [0.2, 0.25) is 10.0 Å². The smallest absolute Gasteiger partial charge is 0.256 e. The summed E-state index contributed by atoms with van der Waals surface area (Å²) in [4.78, 5) is 13.5. The van der Waals surface area contributed by atoms with Gasteiger partial charge in [0.25, 0.3) is 5.91 Å². The Balaban J connectivity index is 2.07. The summed E-state index contributed by atoms with van der Waals surface area (Å²) in [7, 11) is -2.41. The van der Waals surface area contributed by atoms with Crippen molar-refractivity contribution in [3.05, 3.63) is 59.7 Å². The van der Waals surface area contributed by atoms with Gasteiger partial charge in [-0.05, 0) is 56.3 Å². The number of hydrogen-bond acceptors (Lipinski definition) is 4. The Hall–Kier alpha value is -2.52. The van der Waals surface area contributed by atoms with Crippen molar-refractivity contribution in [3.8, 4) is 5.75 Å². The van der Waals surface area contributed by atoms with E-state index in [0.717, 1.165) is 18.2 Å². The maximum atomic E-state index is 14.1. The van der Waals surface area contributed by atoms with Crippen molar-refractivity contribution in [1.29, 1.82) is 0 Å². The van der Waals surface area contributed by atoms with Gasteiger partial charge < -0.3 is 9.64 Å². The van der Waals surface area contributed by atoms with Crippen LogP contribution in [0.3, 0.4) is 0 Å². The van der Waals surface area contributed by atoms with Crippen LogP contribution in [-0.2, 0) is 10.0 Å². The Morgan fingerprint density at radius 2 is 1.79 bits per heavy atom. The lowest BCUT2D eigenvalue weighted by Gasteiger charge is -2.18. The highest BCUT2D eigenvalue weighted by Crippen LogP contribution is 2.17. The van der Waals surface area contributed by atoms with Gasteiger partial charge in [0.15, 0.2) is 0 Å². The molecule has 0 aromatic heterocycles. The number of carbonyl (C=O) groups excluding carboxylic acids is 1. The van der Waals surface area contributed by atoms with Gasteiger partial charge in [0, 0.05) is 13.1 Å². The molecule has 0 bridgehead atoms.